The van der Waals surface area contributed by atoms with Crippen molar-refractivity contribution in [1.29, 1.82) is 0 Å². The molecule has 0 radical (unpaired) electrons. The van der Waals surface area contributed by atoms with Gasteiger partial charge in [-0.1, -0.05) is 76.8 Å². The molecule has 1 aromatic rings. The fraction of sp³-hybridized carbons (Fsp3) is 0.600. The molecule has 0 heterocycles. The summed E-state index contributed by atoms with van der Waals surface area (Å²) in [5.41, 5.74) is 1.21. The van der Waals surface area contributed by atoms with Crippen LogP contribution in [0.4, 0.5) is 0 Å². The summed E-state index contributed by atoms with van der Waals surface area (Å²) in [7, 11) is 0. The molecule has 0 aliphatic heterocycles. The van der Waals surface area contributed by atoms with Crippen LogP contribution in [-0.4, -0.2) is 18.7 Å². The quantitative estimate of drug-likeness (QED) is 0.404. The zero-order chi connectivity index (χ0) is 16.8. The van der Waals surface area contributed by atoms with Crippen molar-refractivity contribution in [2.45, 2.75) is 71.1 Å². The molecule has 128 valence electrons. The maximum absolute atomic E-state index is 11.9. The van der Waals surface area contributed by atoms with Gasteiger partial charge in [0.25, 0.3) is 5.91 Å². The first-order chi connectivity index (χ1) is 11.3. The second kappa shape index (κ2) is 12.9. The molecular formula is C20H31NO2. The number of carbonyl (C=O) groups is 2. The summed E-state index contributed by atoms with van der Waals surface area (Å²) in [6.45, 7) is 2.98. The van der Waals surface area contributed by atoms with E-state index in [0.717, 1.165) is 19.3 Å². The Morgan fingerprint density at radius 1 is 0.870 bits per heavy atom. The predicted molar refractivity (Wildman–Crippen MR) is 96.0 cm³/mol. The monoisotopic (exact) mass is 317 g/mol. The summed E-state index contributed by atoms with van der Waals surface area (Å²) in [5.74, 6) is -0.0571. The first-order valence-corrected chi connectivity index (χ1v) is 9.11. The van der Waals surface area contributed by atoms with Gasteiger partial charge in [0.2, 0.25) is 0 Å². The predicted octanol–water partition coefficient (Wildman–Crippen LogP) is 5.15. The zero-order valence-corrected chi connectivity index (χ0v) is 14.5. The molecule has 0 saturated heterocycles. The number of carbonyl (C=O) groups excluding carboxylic acids is 2. The number of rotatable bonds is 13. The molecule has 0 spiro atoms. The SMILES string of the molecule is CCCCCCCCCCCCNC(=O)c1ccc(C=O)cc1. The Hall–Kier alpha value is -1.64. The summed E-state index contributed by atoms with van der Waals surface area (Å²) in [6, 6.07) is 6.72. The molecule has 23 heavy (non-hydrogen) atoms. The van der Waals surface area contributed by atoms with Crippen molar-refractivity contribution in [2.24, 2.45) is 0 Å². The van der Waals surface area contributed by atoms with Crippen LogP contribution in [0.1, 0.15) is 91.8 Å². The third kappa shape index (κ3) is 9.17. The zero-order valence-electron chi connectivity index (χ0n) is 14.5. The Balaban J connectivity index is 1.97. The number of unbranched alkanes of at least 4 members (excludes halogenated alkanes) is 9. The Kier molecular flexibility index (Phi) is 10.9. The fourth-order valence-corrected chi connectivity index (χ4v) is 2.63. The van der Waals surface area contributed by atoms with E-state index in [-0.39, 0.29) is 5.91 Å². The maximum atomic E-state index is 11.9. The lowest BCUT2D eigenvalue weighted by Crippen LogP contribution is -2.24. The highest BCUT2D eigenvalue weighted by atomic mass is 16.1. The van der Waals surface area contributed by atoms with E-state index in [0.29, 0.717) is 11.1 Å². The maximum Gasteiger partial charge on any atom is 0.251 e. The van der Waals surface area contributed by atoms with Crippen molar-refractivity contribution in [3.05, 3.63) is 35.4 Å². The molecule has 0 aliphatic carbocycles. The van der Waals surface area contributed by atoms with Crippen molar-refractivity contribution in [1.82, 2.24) is 5.32 Å². The van der Waals surface area contributed by atoms with Crippen LogP contribution in [0.5, 0.6) is 0 Å². The van der Waals surface area contributed by atoms with Gasteiger partial charge in [0.05, 0.1) is 0 Å². The largest absolute Gasteiger partial charge is 0.352 e. The van der Waals surface area contributed by atoms with Crippen LogP contribution >= 0.6 is 0 Å². The van der Waals surface area contributed by atoms with E-state index in [4.69, 9.17) is 0 Å². The van der Waals surface area contributed by atoms with Gasteiger partial charge in [-0.05, 0) is 18.6 Å². The molecule has 1 rings (SSSR count). The van der Waals surface area contributed by atoms with Crippen molar-refractivity contribution in [3.8, 4) is 0 Å². The van der Waals surface area contributed by atoms with E-state index in [1.807, 2.05) is 0 Å². The molecular weight excluding hydrogens is 286 g/mol. The molecule has 0 aromatic heterocycles. The fourth-order valence-electron chi connectivity index (χ4n) is 2.63. The summed E-state index contributed by atoms with van der Waals surface area (Å²) >= 11 is 0. The molecule has 0 fully saturated rings. The number of amides is 1. The van der Waals surface area contributed by atoms with E-state index >= 15 is 0 Å². The molecule has 1 N–H and O–H groups in total. The van der Waals surface area contributed by atoms with E-state index in [2.05, 4.69) is 12.2 Å². The third-order valence-electron chi connectivity index (χ3n) is 4.12. The number of hydrogen-bond acceptors (Lipinski definition) is 2. The van der Waals surface area contributed by atoms with Crippen LogP contribution in [0.3, 0.4) is 0 Å². The summed E-state index contributed by atoms with van der Waals surface area (Å²) < 4.78 is 0. The number of nitrogens with one attached hydrogen (secondary N) is 1. The van der Waals surface area contributed by atoms with Gasteiger partial charge in [-0.15, -0.1) is 0 Å². The van der Waals surface area contributed by atoms with Gasteiger partial charge in [-0.25, -0.2) is 0 Å². The van der Waals surface area contributed by atoms with Crippen LogP contribution < -0.4 is 5.32 Å². The number of benzene rings is 1. The van der Waals surface area contributed by atoms with Gasteiger partial charge in [0, 0.05) is 17.7 Å². The van der Waals surface area contributed by atoms with Crippen molar-refractivity contribution >= 4 is 12.2 Å². The minimum absolute atomic E-state index is 0.0571. The molecule has 0 atom stereocenters. The number of aldehydes is 1. The Labute approximate surface area is 140 Å². The Morgan fingerprint density at radius 2 is 1.39 bits per heavy atom. The van der Waals surface area contributed by atoms with Gasteiger partial charge in [0.15, 0.2) is 0 Å². The van der Waals surface area contributed by atoms with Crippen molar-refractivity contribution in [2.75, 3.05) is 6.54 Å². The highest BCUT2D eigenvalue weighted by molar-refractivity contribution is 5.94. The molecule has 3 nitrogen and oxygen atoms in total. The molecule has 3 heteroatoms. The van der Waals surface area contributed by atoms with Crippen LogP contribution in [0, 0.1) is 0 Å². The van der Waals surface area contributed by atoms with Crippen molar-refractivity contribution in [3.63, 3.8) is 0 Å². The normalized spacial score (nSPS) is 10.5. The smallest absolute Gasteiger partial charge is 0.251 e. The van der Waals surface area contributed by atoms with Gasteiger partial charge in [0.1, 0.15) is 6.29 Å². The lowest BCUT2D eigenvalue weighted by Gasteiger charge is -2.06. The third-order valence-corrected chi connectivity index (χ3v) is 4.12. The van der Waals surface area contributed by atoms with E-state index < -0.39 is 0 Å². The Morgan fingerprint density at radius 3 is 1.91 bits per heavy atom. The average Bonchev–Trinajstić information content (AvgIpc) is 2.59. The highest BCUT2D eigenvalue weighted by Crippen LogP contribution is 2.10. The molecule has 1 amide bonds. The molecule has 0 aliphatic rings. The summed E-state index contributed by atoms with van der Waals surface area (Å²) in [4.78, 5) is 22.5. The first kappa shape index (κ1) is 19.4. The second-order valence-corrected chi connectivity index (χ2v) is 6.18. The lowest BCUT2D eigenvalue weighted by molar-refractivity contribution is 0.0952. The minimum Gasteiger partial charge on any atom is -0.352 e. The van der Waals surface area contributed by atoms with Gasteiger partial charge < -0.3 is 5.32 Å². The first-order valence-electron chi connectivity index (χ1n) is 9.11. The average molecular weight is 317 g/mol. The minimum atomic E-state index is -0.0571. The summed E-state index contributed by atoms with van der Waals surface area (Å²) in [6.07, 6.45) is 13.7. The standard InChI is InChI=1S/C20H31NO2/c1-2-3-4-5-6-7-8-9-10-11-16-21-20(23)19-14-12-18(17-22)13-15-19/h12-15,17H,2-11,16H2,1H3,(H,21,23). The van der Waals surface area contributed by atoms with Crippen LogP contribution in [0.15, 0.2) is 24.3 Å². The second-order valence-electron chi connectivity index (χ2n) is 6.18. The van der Waals surface area contributed by atoms with Gasteiger partial charge in [-0.3, -0.25) is 9.59 Å². The van der Waals surface area contributed by atoms with Gasteiger partial charge >= 0.3 is 0 Å². The molecule has 0 saturated carbocycles. The van der Waals surface area contributed by atoms with E-state index in [1.54, 1.807) is 24.3 Å². The molecule has 0 unspecified atom stereocenters. The number of hydrogen-bond donors (Lipinski definition) is 1. The van der Waals surface area contributed by atoms with E-state index in [9.17, 15) is 9.59 Å². The van der Waals surface area contributed by atoms with Crippen LogP contribution in [0.25, 0.3) is 0 Å². The van der Waals surface area contributed by atoms with Crippen LogP contribution in [0.2, 0.25) is 0 Å². The van der Waals surface area contributed by atoms with Gasteiger partial charge in [-0.2, -0.15) is 0 Å². The molecule has 1 aromatic carbocycles. The topological polar surface area (TPSA) is 46.2 Å². The van der Waals surface area contributed by atoms with Crippen molar-refractivity contribution < 1.29 is 9.59 Å². The Bertz CT molecular complexity index is 439. The van der Waals surface area contributed by atoms with Crippen LogP contribution in [-0.2, 0) is 0 Å². The summed E-state index contributed by atoms with van der Waals surface area (Å²) in [5, 5.41) is 2.93. The highest BCUT2D eigenvalue weighted by Gasteiger charge is 2.04. The lowest BCUT2D eigenvalue weighted by atomic mass is 10.1. The van der Waals surface area contributed by atoms with E-state index in [1.165, 1.54) is 57.8 Å². The molecule has 0 bridgehead atoms.